The minimum Gasteiger partial charge on any atom is -0.462 e. The molecule has 0 radical (unpaired) electrons. The predicted molar refractivity (Wildman–Crippen MR) is 154 cm³/mol. The number of hydrogen-bond acceptors (Lipinski definition) is 5. The van der Waals surface area contributed by atoms with Gasteiger partial charge in [0.15, 0.2) is 8.32 Å². The quantitative estimate of drug-likeness (QED) is 0.242. The van der Waals surface area contributed by atoms with Crippen LogP contribution in [0.3, 0.4) is 0 Å². The molecule has 1 saturated carbocycles. The fourth-order valence-electron chi connectivity index (χ4n) is 6.94. The Labute approximate surface area is 232 Å². The standard InChI is InChI=1S/C32H52O5Si/c1-21-17-23-12-11-22(2)26(29(23)27(18-21)36-30(34)32(6)15-9-10-16-32)14-13-24-19-25(20-28(33)35-24)37-38(7,8)31(3,4)5/h11-12,17,21-22,24-27,29H,9-10,13-16,18-20H2,1-8H3/t21-,22-,24+,25+,26-,27-,29-/m0/s1. The number of cyclic esters (lactones) is 1. The Hall–Kier alpha value is -1.40. The summed E-state index contributed by atoms with van der Waals surface area (Å²) in [5, 5.41) is 0.108. The topological polar surface area (TPSA) is 61.8 Å². The van der Waals surface area contributed by atoms with Gasteiger partial charge in [0, 0.05) is 12.3 Å². The van der Waals surface area contributed by atoms with E-state index in [0.717, 1.165) is 51.4 Å². The molecule has 0 aromatic rings. The number of carbonyl (C=O) groups excluding carboxylic acids is 2. The average Bonchev–Trinajstić information content (AvgIpc) is 3.25. The Balaban J connectivity index is 1.45. The van der Waals surface area contributed by atoms with Gasteiger partial charge in [-0.05, 0) is 80.5 Å². The van der Waals surface area contributed by atoms with Crippen molar-refractivity contribution in [1.29, 1.82) is 0 Å². The second-order valence-electron chi connectivity index (χ2n) is 14.6. The molecule has 4 aliphatic rings. The first-order valence-corrected chi connectivity index (χ1v) is 18.1. The van der Waals surface area contributed by atoms with Crippen LogP contribution >= 0.6 is 0 Å². The summed E-state index contributed by atoms with van der Waals surface area (Å²) < 4.78 is 18.9. The van der Waals surface area contributed by atoms with Gasteiger partial charge in [-0.1, -0.05) is 65.7 Å². The number of carbonyl (C=O) groups is 2. The van der Waals surface area contributed by atoms with Crippen LogP contribution < -0.4 is 0 Å². The Morgan fingerprint density at radius 3 is 2.47 bits per heavy atom. The third-order valence-electron chi connectivity index (χ3n) is 10.4. The summed E-state index contributed by atoms with van der Waals surface area (Å²) in [5.74, 6) is 1.20. The molecule has 6 heteroatoms. The molecule has 1 saturated heterocycles. The molecule has 0 unspecified atom stereocenters. The van der Waals surface area contributed by atoms with Crippen LogP contribution in [0.4, 0.5) is 0 Å². The monoisotopic (exact) mass is 544 g/mol. The highest BCUT2D eigenvalue weighted by molar-refractivity contribution is 6.74. The van der Waals surface area contributed by atoms with Gasteiger partial charge in [0.1, 0.15) is 12.2 Å². The molecule has 3 aliphatic carbocycles. The lowest BCUT2D eigenvalue weighted by Gasteiger charge is -2.44. The summed E-state index contributed by atoms with van der Waals surface area (Å²) in [6, 6.07) is 0. The van der Waals surface area contributed by atoms with Crippen molar-refractivity contribution in [1.82, 2.24) is 0 Å². The van der Waals surface area contributed by atoms with Gasteiger partial charge >= 0.3 is 11.9 Å². The number of ether oxygens (including phenoxy) is 2. The van der Waals surface area contributed by atoms with E-state index in [0.29, 0.717) is 24.2 Å². The van der Waals surface area contributed by atoms with Crippen LogP contribution in [-0.4, -0.2) is 38.6 Å². The molecule has 7 atom stereocenters. The van der Waals surface area contributed by atoms with Crippen LogP contribution in [-0.2, 0) is 23.5 Å². The van der Waals surface area contributed by atoms with E-state index in [1.165, 1.54) is 5.57 Å². The number of esters is 2. The summed E-state index contributed by atoms with van der Waals surface area (Å²) in [7, 11) is -1.96. The second kappa shape index (κ2) is 11.2. The van der Waals surface area contributed by atoms with Gasteiger partial charge in [-0.15, -0.1) is 0 Å². The highest BCUT2D eigenvalue weighted by atomic mass is 28.4. The van der Waals surface area contributed by atoms with Crippen LogP contribution in [0, 0.1) is 29.1 Å². The largest absolute Gasteiger partial charge is 0.462 e. The molecular formula is C32H52O5Si. The zero-order valence-electron chi connectivity index (χ0n) is 25.2. The average molecular weight is 545 g/mol. The maximum atomic E-state index is 13.3. The summed E-state index contributed by atoms with van der Waals surface area (Å²) >= 11 is 0. The van der Waals surface area contributed by atoms with E-state index in [-0.39, 0.29) is 46.6 Å². The Morgan fingerprint density at radius 1 is 1.13 bits per heavy atom. The summed E-state index contributed by atoms with van der Waals surface area (Å²) in [4.78, 5) is 25.9. The maximum absolute atomic E-state index is 13.3. The summed E-state index contributed by atoms with van der Waals surface area (Å²) in [6.45, 7) is 17.8. The molecule has 1 aliphatic heterocycles. The van der Waals surface area contributed by atoms with Crippen LogP contribution in [0.2, 0.25) is 18.1 Å². The van der Waals surface area contributed by atoms with Gasteiger partial charge in [0.05, 0.1) is 17.9 Å². The lowest BCUT2D eigenvalue weighted by Crippen LogP contribution is -2.47. The van der Waals surface area contributed by atoms with Crippen molar-refractivity contribution in [2.45, 2.75) is 136 Å². The van der Waals surface area contributed by atoms with E-state index in [1.807, 2.05) is 0 Å². The Kier molecular flexibility index (Phi) is 8.74. The van der Waals surface area contributed by atoms with Gasteiger partial charge in [-0.2, -0.15) is 0 Å². The number of hydrogen-bond donors (Lipinski definition) is 0. The maximum Gasteiger partial charge on any atom is 0.312 e. The second-order valence-corrected chi connectivity index (χ2v) is 19.4. The summed E-state index contributed by atoms with van der Waals surface area (Å²) in [6.07, 6.45) is 14.6. The van der Waals surface area contributed by atoms with Crippen LogP contribution in [0.25, 0.3) is 0 Å². The van der Waals surface area contributed by atoms with Gasteiger partial charge in [0.2, 0.25) is 0 Å². The third kappa shape index (κ3) is 6.49. The van der Waals surface area contributed by atoms with E-state index >= 15 is 0 Å². The molecular weight excluding hydrogens is 492 g/mol. The van der Waals surface area contributed by atoms with Crippen molar-refractivity contribution < 1.29 is 23.5 Å². The van der Waals surface area contributed by atoms with Crippen molar-refractivity contribution in [3.63, 3.8) is 0 Å². The molecule has 0 aromatic carbocycles. The Bertz CT molecular complexity index is 938. The molecule has 38 heavy (non-hydrogen) atoms. The highest BCUT2D eigenvalue weighted by Crippen LogP contribution is 2.47. The van der Waals surface area contributed by atoms with E-state index in [4.69, 9.17) is 13.9 Å². The molecule has 0 spiro atoms. The zero-order chi connectivity index (χ0) is 27.9. The first-order chi connectivity index (χ1) is 17.7. The van der Waals surface area contributed by atoms with E-state index in [9.17, 15) is 9.59 Å². The number of fused-ring (bicyclic) bond motifs is 1. The molecule has 0 bridgehead atoms. The first-order valence-electron chi connectivity index (χ1n) is 15.2. The molecule has 1 heterocycles. The molecule has 0 aromatic heterocycles. The van der Waals surface area contributed by atoms with Crippen LogP contribution in [0.1, 0.15) is 99.3 Å². The van der Waals surface area contributed by atoms with Gasteiger partial charge < -0.3 is 13.9 Å². The van der Waals surface area contributed by atoms with Crippen molar-refractivity contribution in [2.75, 3.05) is 0 Å². The van der Waals surface area contributed by atoms with Gasteiger partial charge in [-0.25, -0.2) is 0 Å². The molecule has 4 rings (SSSR count). The van der Waals surface area contributed by atoms with Gasteiger partial charge in [-0.3, -0.25) is 9.59 Å². The molecule has 0 amide bonds. The SMILES string of the molecule is C[C@H]1C=C2C=C[C@H](C)[C@H](CC[C@@H]3C[C@@H](O[Si](C)(C)C(C)(C)C)CC(=O)O3)[C@H]2[C@@H](OC(=O)C2(C)CCCC2)C1. The molecule has 0 N–H and O–H groups in total. The van der Waals surface area contributed by atoms with E-state index in [2.05, 4.69) is 72.9 Å². The van der Waals surface area contributed by atoms with Crippen LogP contribution in [0.5, 0.6) is 0 Å². The van der Waals surface area contributed by atoms with Crippen molar-refractivity contribution in [2.24, 2.45) is 29.1 Å². The van der Waals surface area contributed by atoms with Gasteiger partial charge in [0.25, 0.3) is 0 Å². The molecule has 2 fully saturated rings. The summed E-state index contributed by atoms with van der Waals surface area (Å²) in [5.41, 5.74) is 0.993. The fraction of sp³-hybridized carbons (Fsp3) is 0.812. The molecule has 214 valence electrons. The van der Waals surface area contributed by atoms with Crippen molar-refractivity contribution >= 4 is 20.3 Å². The fourth-order valence-corrected chi connectivity index (χ4v) is 8.31. The predicted octanol–water partition coefficient (Wildman–Crippen LogP) is 7.76. The normalized spacial score (nSPS) is 35.3. The number of allylic oxidation sites excluding steroid dienone is 3. The van der Waals surface area contributed by atoms with Crippen molar-refractivity contribution in [3.8, 4) is 0 Å². The molecule has 5 nitrogen and oxygen atoms in total. The lowest BCUT2D eigenvalue weighted by atomic mass is 9.65. The number of rotatable bonds is 7. The zero-order valence-corrected chi connectivity index (χ0v) is 26.2. The Morgan fingerprint density at radius 2 is 1.82 bits per heavy atom. The van der Waals surface area contributed by atoms with Crippen molar-refractivity contribution in [3.05, 3.63) is 23.8 Å². The van der Waals surface area contributed by atoms with E-state index in [1.54, 1.807) is 0 Å². The smallest absolute Gasteiger partial charge is 0.312 e. The minimum absolute atomic E-state index is 0.00115. The third-order valence-corrected chi connectivity index (χ3v) is 14.9. The first kappa shape index (κ1) is 29.6. The van der Waals surface area contributed by atoms with E-state index < -0.39 is 8.32 Å². The minimum atomic E-state index is -1.96. The lowest BCUT2D eigenvalue weighted by molar-refractivity contribution is -0.166. The van der Waals surface area contributed by atoms with Crippen LogP contribution in [0.15, 0.2) is 23.8 Å². The highest BCUT2D eigenvalue weighted by Gasteiger charge is 2.46.